The molecule has 0 amide bonds. The van der Waals surface area contributed by atoms with Crippen LogP contribution in [-0.2, 0) is 6.42 Å². The van der Waals surface area contributed by atoms with Crippen LogP contribution in [0.2, 0.25) is 0 Å². The molecule has 1 aromatic rings. The summed E-state index contributed by atoms with van der Waals surface area (Å²) in [6.07, 6.45) is 6.39. The lowest BCUT2D eigenvalue weighted by atomic mass is 9.71. The summed E-state index contributed by atoms with van der Waals surface area (Å²) in [6.45, 7) is 5.38. The molecule has 3 unspecified atom stereocenters. The van der Waals surface area contributed by atoms with Crippen LogP contribution in [0.5, 0.6) is 0 Å². The fourth-order valence-electron chi connectivity index (χ4n) is 2.86. The summed E-state index contributed by atoms with van der Waals surface area (Å²) in [5.74, 6) is 1.95. The molecule has 1 aliphatic rings. The van der Waals surface area contributed by atoms with Crippen molar-refractivity contribution in [2.45, 2.75) is 32.6 Å². The third kappa shape index (κ3) is 1.91. The van der Waals surface area contributed by atoms with Gasteiger partial charge in [0.25, 0.3) is 0 Å². The Hall–Kier alpha value is -0.890. The summed E-state index contributed by atoms with van der Waals surface area (Å²) >= 11 is 0. The minimum Gasteiger partial charge on any atom is -0.330 e. The normalized spacial score (nSPS) is 27.1. The van der Waals surface area contributed by atoms with Crippen molar-refractivity contribution in [2.24, 2.45) is 17.6 Å². The highest BCUT2D eigenvalue weighted by Crippen LogP contribution is 2.39. The largest absolute Gasteiger partial charge is 0.330 e. The number of fused-ring (bicyclic) bond motifs is 1. The van der Waals surface area contributed by atoms with Crippen molar-refractivity contribution in [3.63, 3.8) is 0 Å². The number of nitrogens with two attached hydrogens (primary N) is 1. The summed E-state index contributed by atoms with van der Waals surface area (Å²) in [6, 6.07) is 2.18. The van der Waals surface area contributed by atoms with E-state index in [9.17, 15) is 0 Å². The molecule has 0 fully saturated rings. The highest BCUT2D eigenvalue weighted by Gasteiger charge is 2.29. The molecule has 1 heterocycles. The lowest BCUT2D eigenvalue weighted by molar-refractivity contribution is 0.315. The van der Waals surface area contributed by atoms with Gasteiger partial charge in [-0.25, -0.2) is 0 Å². The number of nitrogens with zero attached hydrogens (tertiary/aromatic N) is 1. The van der Waals surface area contributed by atoms with E-state index in [0.717, 1.165) is 12.5 Å². The van der Waals surface area contributed by atoms with Gasteiger partial charge in [-0.1, -0.05) is 13.8 Å². The summed E-state index contributed by atoms with van der Waals surface area (Å²) in [5, 5.41) is 0. The highest BCUT2D eigenvalue weighted by molar-refractivity contribution is 5.31. The van der Waals surface area contributed by atoms with Gasteiger partial charge in [0.15, 0.2) is 0 Å². The fourth-order valence-corrected chi connectivity index (χ4v) is 2.86. The summed E-state index contributed by atoms with van der Waals surface area (Å²) in [4.78, 5) is 4.21. The van der Waals surface area contributed by atoms with Gasteiger partial charge < -0.3 is 5.73 Å². The van der Waals surface area contributed by atoms with Crippen molar-refractivity contribution in [3.05, 3.63) is 29.6 Å². The zero-order chi connectivity index (χ0) is 10.8. The minimum absolute atomic E-state index is 0.571. The van der Waals surface area contributed by atoms with Crippen LogP contribution in [0.4, 0.5) is 0 Å². The van der Waals surface area contributed by atoms with Gasteiger partial charge in [-0.2, -0.15) is 0 Å². The second-order valence-corrected chi connectivity index (χ2v) is 4.83. The van der Waals surface area contributed by atoms with E-state index >= 15 is 0 Å². The first kappa shape index (κ1) is 10.6. The number of pyridine rings is 1. The maximum absolute atomic E-state index is 5.81. The van der Waals surface area contributed by atoms with Crippen molar-refractivity contribution < 1.29 is 0 Å². The third-order valence-corrected chi connectivity index (χ3v) is 3.77. The first-order valence-electron chi connectivity index (χ1n) is 5.87. The van der Waals surface area contributed by atoms with Gasteiger partial charge in [0.1, 0.15) is 0 Å². The van der Waals surface area contributed by atoms with Gasteiger partial charge in [-0.3, -0.25) is 4.98 Å². The van der Waals surface area contributed by atoms with Gasteiger partial charge in [0.05, 0.1) is 0 Å². The Morgan fingerprint density at radius 3 is 3.13 bits per heavy atom. The van der Waals surface area contributed by atoms with Gasteiger partial charge >= 0.3 is 0 Å². The van der Waals surface area contributed by atoms with Gasteiger partial charge in [-0.15, -0.1) is 0 Å². The molecular weight excluding hydrogens is 184 g/mol. The van der Waals surface area contributed by atoms with E-state index in [-0.39, 0.29) is 0 Å². The average Bonchev–Trinajstić information content (AvgIpc) is 2.28. The Labute approximate surface area is 91.9 Å². The van der Waals surface area contributed by atoms with E-state index < -0.39 is 0 Å². The molecule has 82 valence electrons. The van der Waals surface area contributed by atoms with Crippen molar-refractivity contribution in [2.75, 3.05) is 6.54 Å². The lowest BCUT2D eigenvalue weighted by Crippen LogP contribution is -2.28. The smallest absolute Gasteiger partial charge is 0.0302 e. The molecule has 0 spiro atoms. The maximum Gasteiger partial charge on any atom is 0.0302 e. The minimum atomic E-state index is 0.571. The zero-order valence-corrected chi connectivity index (χ0v) is 9.61. The monoisotopic (exact) mass is 204 g/mol. The Bertz CT molecular complexity index is 335. The second-order valence-electron chi connectivity index (χ2n) is 4.83. The number of rotatable bonds is 2. The first-order chi connectivity index (χ1) is 7.24. The summed E-state index contributed by atoms with van der Waals surface area (Å²) < 4.78 is 0. The van der Waals surface area contributed by atoms with Crippen LogP contribution in [0.1, 0.15) is 37.3 Å². The molecule has 0 aromatic carbocycles. The topological polar surface area (TPSA) is 38.9 Å². The van der Waals surface area contributed by atoms with Crippen molar-refractivity contribution in [1.82, 2.24) is 4.98 Å². The van der Waals surface area contributed by atoms with Gasteiger partial charge in [0, 0.05) is 12.4 Å². The number of aromatic nitrogens is 1. The standard InChI is InChI=1S/C13H20N2/c1-9-3-4-11-8-15-6-5-12(11)13(9)10(2)7-14/h5-6,8-10,13H,3-4,7,14H2,1-2H3. The van der Waals surface area contributed by atoms with E-state index in [2.05, 4.69) is 24.9 Å². The van der Waals surface area contributed by atoms with E-state index in [4.69, 9.17) is 5.73 Å². The van der Waals surface area contributed by atoms with Crippen LogP contribution < -0.4 is 5.73 Å². The molecule has 0 saturated heterocycles. The molecule has 0 saturated carbocycles. The summed E-state index contributed by atoms with van der Waals surface area (Å²) in [5.41, 5.74) is 8.73. The van der Waals surface area contributed by atoms with Crippen LogP contribution in [0.15, 0.2) is 18.5 Å². The van der Waals surface area contributed by atoms with Gasteiger partial charge in [0.2, 0.25) is 0 Å². The van der Waals surface area contributed by atoms with Crippen LogP contribution in [0, 0.1) is 11.8 Å². The Balaban J connectivity index is 2.37. The Kier molecular flexibility index (Phi) is 3.06. The molecule has 0 bridgehead atoms. The zero-order valence-electron chi connectivity index (χ0n) is 9.61. The number of hydrogen-bond acceptors (Lipinski definition) is 2. The van der Waals surface area contributed by atoms with E-state index in [0.29, 0.717) is 11.8 Å². The van der Waals surface area contributed by atoms with Crippen LogP contribution in [0.25, 0.3) is 0 Å². The van der Waals surface area contributed by atoms with Crippen LogP contribution in [-0.4, -0.2) is 11.5 Å². The third-order valence-electron chi connectivity index (χ3n) is 3.77. The molecular formula is C13H20N2. The molecule has 15 heavy (non-hydrogen) atoms. The molecule has 3 atom stereocenters. The highest BCUT2D eigenvalue weighted by atomic mass is 14.6. The molecule has 2 rings (SSSR count). The van der Waals surface area contributed by atoms with Crippen LogP contribution in [0.3, 0.4) is 0 Å². The Morgan fingerprint density at radius 2 is 2.40 bits per heavy atom. The molecule has 1 aromatic heterocycles. The second kappa shape index (κ2) is 4.31. The number of hydrogen-bond donors (Lipinski definition) is 1. The summed E-state index contributed by atoms with van der Waals surface area (Å²) in [7, 11) is 0. The SMILES string of the molecule is CC(CN)C1c2ccncc2CCC1C. The van der Waals surface area contributed by atoms with Gasteiger partial charge in [-0.05, 0) is 54.3 Å². The lowest BCUT2D eigenvalue weighted by Gasteiger charge is -2.35. The van der Waals surface area contributed by atoms with E-state index in [1.165, 1.54) is 24.0 Å². The Morgan fingerprint density at radius 1 is 1.60 bits per heavy atom. The van der Waals surface area contributed by atoms with E-state index in [1.807, 2.05) is 12.4 Å². The molecule has 2 nitrogen and oxygen atoms in total. The van der Waals surface area contributed by atoms with E-state index in [1.54, 1.807) is 0 Å². The predicted octanol–water partition coefficient (Wildman–Crippen LogP) is 2.34. The fraction of sp³-hybridized carbons (Fsp3) is 0.615. The molecule has 1 aliphatic carbocycles. The van der Waals surface area contributed by atoms with Crippen molar-refractivity contribution in [3.8, 4) is 0 Å². The molecule has 0 radical (unpaired) electrons. The van der Waals surface area contributed by atoms with Crippen molar-refractivity contribution in [1.29, 1.82) is 0 Å². The number of aryl methyl sites for hydroxylation is 1. The maximum atomic E-state index is 5.81. The average molecular weight is 204 g/mol. The molecule has 2 N–H and O–H groups in total. The molecule has 2 heteroatoms. The predicted molar refractivity (Wildman–Crippen MR) is 62.7 cm³/mol. The molecule has 0 aliphatic heterocycles. The quantitative estimate of drug-likeness (QED) is 0.803. The van der Waals surface area contributed by atoms with Crippen LogP contribution >= 0.6 is 0 Å². The van der Waals surface area contributed by atoms with Crippen molar-refractivity contribution >= 4 is 0 Å². The first-order valence-corrected chi connectivity index (χ1v) is 5.87.